The van der Waals surface area contributed by atoms with Crippen molar-refractivity contribution in [3.05, 3.63) is 0 Å². The predicted octanol–water partition coefficient (Wildman–Crippen LogP) is 0.316. The van der Waals surface area contributed by atoms with Crippen molar-refractivity contribution in [2.24, 2.45) is 0 Å². The van der Waals surface area contributed by atoms with Gasteiger partial charge < -0.3 is 14.8 Å². The van der Waals surface area contributed by atoms with Crippen LogP contribution in [0.4, 0.5) is 0 Å². The lowest BCUT2D eigenvalue weighted by Crippen LogP contribution is -2.43. The van der Waals surface area contributed by atoms with Crippen LogP contribution in [0.5, 0.6) is 0 Å². The molecule has 1 N–H and O–H groups in total. The smallest absolute Gasteiger partial charge is 0.331 e. The molecule has 0 spiro atoms. The van der Waals surface area contributed by atoms with Crippen LogP contribution in [0.25, 0.3) is 0 Å². The Kier molecular flexibility index (Phi) is 3.27. The van der Waals surface area contributed by atoms with E-state index in [1.54, 1.807) is 0 Å². The molecule has 0 aromatic rings. The molecule has 0 radical (unpaired) electrons. The number of ether oxygens (including phenoxy) is 2. The summed E-state index contributed by atoms with van der Waals surface area (Å²) in [6.45, 7) is 5.13. The van der Waals surface area contributed by atoms with Crippen LogP contribution in [0.2, 0.25) is 0 Å². The van der Waals surface area contributed by atoms with Crippen molar-refractivity contribution in [3.63, 3.8) is 0 Å². The van der Waals surface area contributed by atoms with Gasteiger partial charge in [-0.25, -0.2) is 4.79 Å². The molecular weight excluding hydrogens is 170 g/mol. The first kappa shape index (κ1) is 10.5. The summed E-state index contributed by atoms with van der Waals surface area (Å²) < 4.78 is 9.93. The minimum atomic E-state index is -0.317. The van der Waals surface area contributed by atoms with Gasteiger partial charge in [-0.05, 0) is 26.8 Å². The van der Waals surface area contributed by atoms with E-state index < -0.39 is 0 Å². The maximum atomic E-state index is 10.8. The Bertz CT molecular complexity index is 191. The average molecular weight is 187 g/mol. The van der Waals surface area contributed by atoms with Crippen LogP contribution in [0.1, 0.15) is 20.3 Å². The van der Waals surface area contributed by atoms with Gasteiger partial charge in [-0.3, -0.25) is 0 Å². The van der Waals surface area contributed by atoms with E-state index >= 15 is 0 Å². The Morgan fingerprint density at radius 2 is 2.31 bits per heavy atom. The van der Waals surface area contributed by atoms with E-state index in [4.69, 9.17) is 4.74 Å². The largest absolute Gasteiger partial charge is 0.467 e. The third-order valence-electron chi connectivity index (χ3n) is 2.42. The second-order valence-corrected chi connectivity index (χ2v) is 3.81. The fraction of sp³-hybridized carbons (Fsp3) is 0.889. The van der Waals surface area contributed by atoms with E-state index in [1.807, 2.05) is 0 Å². The van der Waals surface area contributed by atoms with Crippen molar-refractivity contribution in [1.82, 2.24) is 5.32 Å². The van der Waals surface area contributed by atoms with E-state index in [0.717, 1.165) is 13.0 Å². The molecule has 0 aromatic carbocycles. The van der Waals surface area contributed by atoms with Crippen LogP contribution in [0.15, 0.2) is 0 Å². The van der Waals surface area contributed by atoms with Gasteiger partial charge >= 0.3 is 5.97 Å². The number of methoxy groups -OCH3 is 1. The molecule has 1 atom stereocenters. The molecule has 4 heteroatoms. The molecule has 13 heavy (non-hydrogen) atoms. The number of carbonyl (C=O) groups is 1. The fourth-order valence-electron chi connectivity index (χ4n) is 1.52. The fourth-order valence-corrected chi connectivity index (χ4v) is 1.52. The standard InChI is InChI=1S/C9H17NO3/c1-9(2)7(4-5-10-9)13-6-8(11)12-3/h7,10H,4-6H2,1-3H3. The lowest BCUT2D eigenvalue weighted by molar-refractivity contribution is -0.148. The van der Waals surface area contributed by atoms with Gasteiger partial charge in [0.2, 0.25) is 0 Å². The minimum absolute atomic E-state index is 0.0337. The van der Waals surface area contributed by atoms with E-state index in [-0.39, 0.29) is 24.2 Å². The molecule has 0 saturated carbocycles. The predicted molar refractivity (Wildman–Crippen MR) is 48.5 cm³/mol. The number of rotatable bonds is 3. The quantitative estimate of drug-likeness (QED) is 0.646. The molecule has 0 aromatic heterocycles. The third kappa shape index (κ3) is 2.67. The maximum absolute atomic E-state index is 10.8. The summed E-state index contributed by atoms with van der Waals surface area (Å²) >= 11 is 0. The van der Waals surface area contributed by atoms with Crippen LogP contribution in [-0.2, 0) is 14.3 Å². The molecule has 0 bridgehead atoms. The Labute approximate surface area is 78.6 Å². The zero-order chi connectivity index (χ0) is 9.90. The highest BCUT2D eigenvalue weighted by atomic mass is 16.6. The zero-order valence-electron chi connectivity index (χ0n) is 8.42. The van der Waals surface area contributed by atoms with Gasteiger partial charge in [-0.1, -0.05) is 0 Å². The lowest BCUT2D eigenvalue weighted by Gasteiger charge is -2.26. The molecule has 1 aliphatic rings. The number of esters is 1. The van der Waals surface area contributed by atoms with Gasteiger partial charge in [0, 0.05) is 5.54 Å². The van der Waals surface area contributed by atoms with Gasteiger partial charge in [0.05, 0.1) is 13.2 Å². The molecular formula is C9H17NO3. The highest BCUT2D eigenvalue weighted by molar-refractivity contribution is 5.70. The first-order valence-corrected chi connectivity index (χ1v) is 4.49. The highest BCUT2D eigenvalue weighted by Gasteiger charge is 2.35. The van der Waals surface area contributed by atoms with Crippen molar-refractivity contribution in [3.8, 4) is 0 Å². The van der Waals surface area contributed by atoms with E-state index in [0.29, 0.717) is 0 Å². The van der Waals surface area contributed by atoms with Crippen LogP contribution in [0, 0.1) is 0 Å². The van der Waals surface area contributed by atoms with Crippen molar-refractivity contribution < 1.29 is 14.3 Å². The summed E-state index contributed by atoms with van der Waals surface area (Å²) in [5.41, 5.74) is -0.0337. The number of hydrogen-bond donors (Lipinski definition) is 1. The SMILES string of the molecule is COC(=O)COC1CCNC1(C)C. The molecule has 1 rings (SSSR count). The molecule has 0 amide bonds. The monoisotopic (exact) mass is 187 g/mol. The molecule has 1 aliphatic heterocycles. The van der Waals surface area contributed by atoms with E-state index in [2.05, 4.69) is 23.9 Å². The van der Waals surface area contributed by atoms with Crippen LogP contribution in [0.3, 0.4) is 0 Å². The number of hydrogen-bond acceptors (Lipinski definition) is 4. The Morgan fingerprint density at radius 3 is 2.77 bits per heavy atom. The molecule has 1 heterocycles. The van der Waals surface area contributed by atoms with Crippen LogP contribution in [-0.4, -0.2) is 37.9 Å². The number of nitrogens with one attached hydrogen (secondary N) is 1. The zero-order valence-corrected chi connectivity index (χ0v) is 8.42. The summed E-state index contributed by atoms with van der Waals surface area (Å²) in [7, 11) is 1.36. The first-order valence-electron chi connectivity index (χ1n) is 4.49. The maximum Gasteiger partial charge on any atom is 0.331 e. The molecule has 1 unspecified atom stereocenters. The summed E-state index contributed by atoms with van der Waals surface area (Å²) in [4.78, 5) is 10.8. The molecule has 76 valence electrons. The second kappa shape index (κ2) is 4.07. The van der Waals surface area contributed by atoms with Gasteiger partial charge in [0.1, 0.15) is 6.61 Å². The third-order valence-corrected chi connectivity index (χ3v) is 2.42. The summed E-state index contributed by atoms with van der Waals surface area (Å²) in [5.74, 6) is -0.317. The summed E-state index contributed by atoms with van der Waals surface area (Å²) in [6.07, 6.45) is 1.05. The van der Waals surface area contributed by atoms with Crippen molar-refractivity contribution >= 4 is 5.97 Å². The van der Waals surface area contributed by atoms with Gasteiger partial charge in [-0.15, -0.1) is 0 Å². The highest BCUT2D eigenvalue weighted by Crippen LogP contribution is 2.21. The number of carbonyl (C=O) groups excluding carboxylic acids is 1. The average Bonchev–Trinajstić information content (AvgIpc) is 2.41. The van der Waals surface area contributed by atoms with Gasteiger partial charge in [0.25, 0.3) is 0 Å². The van der Waals surface area contributed by atoms with Crippen LogP contribution < -0.4 is 5.32 Å². The normalized spacial score (nSPS) is 25.9. The Morgan fingerprint density at radius 1 is 1.62 bits per heavy atom. The molecule has 4 nitrogen and oxygen atoms in total. The van der Waals surface area contributed by atoms with Crippen molar-refractivity contribution in [1.29, 1.82) is 0 Å². The van der Waals surface area contributed by atoms with Crippen molar-refractivity contribution in [2.45, 2.75) is 31.9 Å². The topological polar surface area (TPSA) is 47.6 Å². The van der Waals surface area contributed by atoms with Gasteiger partial charge in [0.15, 0.2) is 0 Å². The Balaban J connectivity index is 2.33. The van der Waals surface area contributed by atoms with E-state index in [9.17, 15) is 4.79 Å². The van der Waals surface area contributed by atoms with Crippen LogP contribution >= 0.6 is 0 Å². The van der Waals surface area contributed by atoms with E-state index in [1.165, 1.54) is 7.11 Å². The first-order chi connectivity index (χ1) is 6.06. The van der Waals surface area contributed by atoms with Gasteiger partial charge in [-0.2, -0.15) is 0 Å². The Hall–Kier alpha value is -0.610. The summed E-state index contributed by atoms with van der Waals surface area (Å²) in [5, 5.41) is 3.31. The molecule has 1 fully saturated rings. The lowest BCUT2D eigenvalue weighted by atomic mass is 10.0. The minimum Gasteiger partial charge on any atom is -0.467 e. The second-order valence-electron chi connectivity index (χ2n) is 3.81. The van der Waals surface area contributed by atoms with Crippen molar-refractivity contribution in [2.75, 3.05) is 20.3 Å². The molecule has 1 saturated heterocycles. The molecule has 0 aliphatic carbocycles. The summed E-state index contributed by atoms with van der Waals surface area (Å²) in [6, 6.07) is 0.